The third-order valence-corrected chi connectivity index (χ3v) is 3.01. The molecule has 0 saturated carbocycles. The van der Waals surface area contributed by atoms with Crippen molar-refractivity contribution in [3.8, 4) is 0 Å². The first-order chi connectivity index (χ1) is 9.22. The van der Waals surface area contributed by atoms with Crippen molar-refractivity contribution >= 4 is 5.82 Å². The minimum atomic E-state index is 0.395. The van der Waals surface area contributed by atoms with Crippen molar-refractivity contribution in [3.05, 3.63) is 47.7 Å². The summed E-state index contributed by atoms with van der Waals surface area (Å²) >= 11 is 0. The van der Waals surface area contributed by atoms with Gasteiger partial charge in [-0.1, -0.05) is 13.8 Å². The van der Waals surface area contributed by atoms with Crippen LogP contribution in [0.3, 0.4) is 0 Å². The van der Waals surface area contributed by atoms with Gasteiger partial charge in [-0.15, -0.1) is 0 Å². The lowest BCUT2D eigenvalue weighted by molar-refractivity contribution is 0.816. The molecule has 0 spiro atoms. The Morgan fingerprint density at radius 1 is 1.16 bits per heavy atom. The third-order valence-electron chi connectivity index (χ3n) is 3.01. The monoisotopic (exact) mass is 256 g/mol. The van der Waals surface area contributed by atoms with Crippen LogP contribution in [0, 0.1) is 0 Å². The normalized spacial score (nSPS) is 10.7. The molecule has 2 aromatic heterocycles. The molecule has 100 valence electrons. The van der Waals surface area contributed by atoms with Gasteiger partial charge in [0.05, 0.1) is 5.69 Å². The molecule has 0 amide bonds. The molecule has 0 saturated heterocycles. The standard InChI is InChI=1S/C15H20N4/c1-4-17-15-14(11(2)3)13(18-10-19-15)9-12-5-7-16-8-6-12/h5-8,10-11H,4,9H2,1-3H3,(H,17,18,19). The molecule has 0 unspecified atom stereocenters. The maximum Gasteiger partial charge on any atom is 0.133 e. The Morgan fingerprint density at radius 2 is 1.89 bits per heavy atom. The number of hydrogen-bond acceptors (Lipinski definition) is 4. The number of hydrogen-bond donors (Lipinski definition) is 1. The molecule has 4 heteroatoms. The van der Waals surface area contributed by atoms with Gasteiger partial charge in [-0.2, -0.15) is 0 Å². The van der Waals surface area contributed by atoms with Crippen molar-refractivity contribution in [1.82, 2.24) is 15.0 Å². The molecule has 1 N–H and O–H groups in total. The molecule has 2 aromatic rings. The average Bonchev–Trinajstić information content (AvgIpc) is 2.40. The zero-order chi connectivity index (χ0) is 13.7. The molecular formula is C15H20N4. The second-order valence-corrected chi connectivity index (χ2v) is 4.80. The second-order valence-electron chi connectivity index (χ2n) is 4.80. The van der Waals surface area contributed by atoms with Crippen molar-refractivity contribution in [2.45, 2.75) is 33.1 Å². The lowest BCUT2D eigenvalue weighted by atomic mass is 9.98. The Balaban J connectivity index is 2.36. The minimum Gasteiger partial charge on any atom is -0.370 e. The van der Waals surface area contributed by atoms with E-state index in [2.05, 4.69) is 41.0 Å². The van der Waals surface area contributed by atoms with E-state index in [0.717, 1.165) is 24.5 Å². The van der Waals surface area contributed by atoms with Crippen LogP contribution in [-0.4, -0.2) is 21.5 Å². The van der Waals surface area contributed by atoms with Crippen LogP contribution in [-0.2, 0) is 6.42 Å². The van der Waals surface area contributed by atoms with E-state index in [1.807, 2.05) is 24.5 Å². The third kappa shape index (κ3) is 3.28. The van der Waals surface area contributed by atoms with Gasteiger partial charge in [0, 0.05) is 30.9 Å². The van der Waals surface area contributed by atoms with E-state index >= 15 is 0 Å². The van der Waals surface area contributed by atoms with Crippen LogP contribution < -0.4 is 5.32 Å². The minimum absolute atomic E-state index is 0.395. The molecule has 0 aliphatic carbocycles. The van der Waals surface area contributed by atoms with Gasteiger partial charge in [0.2, 0.25) is 0 Å². The first-order valence-corrected chi connectivity index (χ1v) is 6.69. The molecule has 0 aliphatic rings. The summed E-state index contributed by atoms with van der Waals surface area (Å²) in [6, 6.07) is 4.05. The Labute approximate surface area is 114 Å². The Morgan fingerprint density at radius 3 is 2.53 bits per heavy atom. The van der Waals surface area contributed by atoms with Crippen molar-refractivity contribution < 1.29 is 0 Å². The fourth-order valence-corrected chi connectivity index (χ4v) is 2.18. The summed E-state index contributed by atoms with van der Waals surface area (Å²) in [7, 11) is 0. The number of nitrogens with one attached hydrogen (secondary N) is 1. The Kier molecular flexibility index (Phi) is 4.44. The molecule has 0 aromatic carbocycles. The molecular weight excluding hydrogens is 236 g/mol. The predicted octanol–water partition coefficient (Wildman–Crippen LogP) is 3.02. The zero-order valence-corrected chi connectivity index (χ0v) is 11.7. The number of pyridine rings is 1. The fraction of sp³-hybridized carbons (Fsp3) is 0.400. The number of aromatic nitrogens is 3. The van der Waals surface area contributed by atoms with Crippen LogP contribution in [0.5, 0.6) is 0 Å². The fourth-order valence-electron chi connectivity index (χ4n) is 2.18. The van der Waals surface area contributed by atoms with Gasteiger partial charge in [-0.25, -0.2) is 9.97 Å². The van der Waals surface area contributed by atoms with Gasteiger partial charge >= 0.3 is 0 Å². The summed E-state index contributed by atoms with van der Waals surface area (Å²) in [5.74, 6) is 1.35. The van der Waals surface area contributed by atoms with Crippen molar-refractivity contribution in [3.63, 3.8) is 0 Å². The molecule has 0 fully saturated rings. The SMILES string of the molecule is CCNc1ncnc(Cc2ccncc2)c1C(C)C. The molecule has 4 nitrogen and oxygen atoms in total. The summed E-state index contributed by atoms with van der Waals surface area (Å²) < 4.78 is 0. The van der Waals surface area contributed by atoms with Gasteiger partial charge in [-0.05, 0) is 30.5 Å². The highest BCUT2D eigenvalue weighted by Gasteiger charge is 2.14. The quantitative estimate of drug-likeness (QED) is 0.893. The molecule has 0 aliphatic heterocycles. The molecule has 0 bridgehead atoms. The molecule has 2 rings (SSSR count). The van der Waals surface area contributed by atoms with Crippen LogP contribution in [0.25, 0.3) is 0 Å². The summed E-state index contributed by atoms with van der Waals surface area (Å²) in [6.07, 6.45) is 6.09. The van der Waals surface area contributed by atoms with Gasteiger partial charge in [0.15, 0.2) is 0 Å². The first kappa shape index (κ1) is 13.5. The van der Waals surface area contributed by atoms with E-state index in [4.69, 9.17) is 0 Å². The van der Waals surface area contributed by atoms with E-state index in [-0.39, 0.29) is 0 Å². The number of anilines is 1. The van der Waals surface area contributed by atoms with Gasteiger partial charge < -0.3 is 5.32 Å². The van der Waals surface area contributed by atoms with Gasteiger partial charge in [0.1, 0.15) is 12.1 Å². The Bertz CT molecular complexity index is 523. The van der Waals surface area contributed by atoms with E-state index in [1.165, 1.54) is 11.1 Å². The summed E-state index contributed by atoms with van der Waals surface area (Å²) in [5, 5.41) is 3.32. The van der Waals surface area contributed by atoms with Crippen molar-refractivity contribution in [2.24, 2.45) is 0 Å². The highest BCUT2D eigenvalue weighted by molar-refractivity contribution is 5.48. The van der Waals surface area contributed by atoms with Crippen LogP contribution in [0.2, 0.25) is 0 Å². The van der Waals surface area contributed by atoms with Gasteiger partial charge in [-0.3, -0.25) is 4.98 Å². The van der Waals surface area contributed by atoms with E-state index < -0.39 is 0 Å². The van der Waals surface area contributed by atoms with Crippen LogP contribution in [0.15, 0.2) is 30.9 Å². The molecule has 19 heavy (non-hydrogen) atoms. The maximum atomic E-state index is 4.47. The molecule has 0 radical (unpaired) electrons. The second kappa shape index (κ2) is 6.27. The van der Waals surface area contributed by atoms with Crippen LogP contribution in [0.4, 0.5) is 5.82 Å². The Hall–Kier alpha value is -1.97. The molecule has 2 heterocycles. The van der Waals surface area contributed by atoms with Crippen molar-refractivity contribution in [1.29, 1.82) is 0 Å². The lowest BCUT2D eigenvalue weighted by Gasteiger charge is -2.16. The van der Waals surface area contributed by atoms with Crippen LogP contribution in [0.1, 0.15) is 43.5 Å². The smallest absolute Gasteiger partial charge is 0.133 e. The summed E-state index contributed by atoms with van der Waals surface area (Å²) in [5.41, 5.74) is 3.52. The lowest BCUT2D eigenvalue weighted by Crippen LogP contribution is -2.10. The summed E-state index contributed by atoms with van der Waals surface area (Å²) in [4.78, 5) is 12.9. The van der Waals surface area contributed by atoms with E-state index in [1.54, 1.807) is 6.33 Å². The number of rotatable bonds is 5. The van der Waals surface area contributed by atoms with E-state index in [0.29, 0.717) is 5.92 Å². The summed E-state index contributed by atoms with van der Waals surface area (Å²) in [6.45, 7) is 7.30. The number of nitrogens with zero attached hydrogens (tertiary/aromatic N) is 3. The van der Waals surface area contributed by atoms with Crippen molar-refractivity contribution in [2.75, 3.05) is 11.9 Å². The average molecular weight is 256 g/mol. The molecule has 0 atom stereocenters. The highest BCUT2D eigenvalue weighted by Crippen LogP contribution is 2.26. The maximum absolute atomic E-state index is 4.47. The topological polar surface area (TPSA) is 50.7 Å². The van der Waals surface area contributed by atoms with Gasteiger partial charge in [0.25, 0.3) is 0 Å². The van der Waals surface area contributed by atoms with Crippen LogP contribution >= 0.6 is 0 Å². The van der Waals surface area contributed by atoms with E-state index in [9.17, 15) is 0 Å². The largest absolute Gasteiger partial charge is 0.370 e. The highest BCUT2D eigenvalue weighted by atomic mass is 15.0. The zero-order valence-electron chi connectivity index (χ0n) is 11.7. The predicted molar refractivity (Wildman–Crippen MR) is 77.3 cm³/mol. The first-order valence-electron chi connectivity index (χ1n) is 6.69.